The SMILES string of the molecule is Cc1ccc(-n2nc(C(C)(C)C)cc2OC(=O)CC(C)C)c(C)c1. The van der Waals surface area contributed by atoms with E-state index in [0.717, 1.165) is 16.9 Å². The maximum atomic E-state index is 12.1. The number of rotatable bonds is 4. The summed E-state index contributed by atoms with van der Waals surface area (Å²) in [7, 11) is 0. The van der Waals surface area contributed by atoms with E-state index in [4.69, 9.17) is 9.84 Å². The summed E-state index contributed by atoms with van der Waals surface area (Å²) in [5.41, 5.74) is 4.00. The lowest BCUT2D eigenvalue weighted by molar-refractivity contribution is -0.135. The first kappa shape index (κ1) is 18.2. The van der Waals surface area contributed by atoms with Gasteiger partial charge in [-0.1, -0.05) is 52.3 Å². The molecule has 1 heterocycles. The number of hydrogen-bond donors (Lipinski definition) is 0. The van der Waals surface area contributed by atoms with E-state index in [2.05, 4.69) is 33.8 Å². The zero-order chi connectivity index (χ0) is 18.1. The molecule has 0 bridgehead atoms. The number of carbonyl (C=O) groups is 1. The predicted molar refractivity (Wildman–Crippen MR) is 96.8 cm³/mol. The van der Waals surface area contributed by atoms with Crippen LogP contribution >= 0.6 is 0 Å². The number of hydrogen-bond acceptors (Lipinski definition) is 3. The van der Waals surface area contributed by atoms with Crippen molar-refractivity contribution in [1.82, 2.24) is 9.78 Å². The van der Waals surface area contributed by atoms with Crippen molar-refractivity contribution in [1.29, 1.82) is 0 Å². The van der Waals surface area contributed by atoms with Crippen LogP contribution in [0.25, 0.3) is 5.69 Å². The van der Waals surface area contributed by atoms with Crippen LogP contribution < -0.4 is 4.74 Å². The van der Waals surface area contributed by atoms with Crippen LogP contribution in [0.3, 0.4) is 0 Å². The van der Waals surface area contributed by atoms with E-state index in [1.165, 1.54) is 5.56 Å². The molecule has 0 spiro atoms. The summed E-state index contributed by atoms with van der Waals surface area (Å²) in [5, 5.41) is 4.71. The highest BCUT2D eigenvalue weighted by atomic mass is 16.5. The molecule has 0 fully saturated rings. The Kier molecular flexibility index (Phi) is 5.16. The van der Waals surface area contributed by atoms with Crippen molar-refractivity contribution in [3.63, 3.8) is 0 Å². The molecule has 2 aromatic rings. The first-order valence-electron chi connectivity index (χ1n) is 8.47. The topological polar surface area (TPSA) is 44.1 Å². The van der Waals surface area contributed by atoms with Gasteiger partial charge in [0.2, 0.25) is 5.88 Å². The van der Waals surface area contributed by atoms with Crippen LogP contribution in [0.5, 0.6) is 5.88 Å². The van der Waals surface area contributed by atoms with Gasteiger partial charge in [-0.2, -0.15) is 5.10 Å². The molecular formula is C20H28N2O2. The first-order chi connectivity index (χ1) is 11.1. The quantitative estimate of drug-likeness (QED) is 0.762. The predicted octanol–water partition coefficient (Wildman–Crippen LogP) is 4.74. The van der Waals surface area contributed by atoms with E-state index < -0.39 is 0 Å². The molecule has 130 valence electrons. The Balaban J connectivity index is 2.48. The molecule has 0 unspecified atom stereocenters. The number of ether oxygens (including phenoxy) is 1. The summed E-state index contributed by atoms with van der Waals surface area (Å²) in [5.74, 6) is 0.519. The highest BCUT2D eigenvalue weighted by molar-refractivity contribution is 5.72. The van der Waals surface area contributed by atoms with Crippen LogP contribution in [0, 0.1) is 19.8 Å². The van der Waals surface area contributed by atoms with Gasteiger partial charge in [0.25, 0.3) is 0 Å². The van der Waals surface area contributed by atoms with Crippen LogP contribution in [0.2, 0.25) is 0 Å². The lowest BCUT2D eigenvalue weighted by Gasteiger charge is -2.14. The maximum absolute atomic E-state index is 12.1. The Morgan fingerprint density at radius 2 is 1.88 bits per heavy atom. The first-order valence-corrected chi connectivity index (χ1v) is 8.47. The van der Waals surface area contributed by atoms with Crippen molar-refractivity contribution in [2.45, 2.75) is 60.3 Å². The van der Waals surface area contributed by atoms with Crippen molar-refractivity contribution >= 4 is 5.97 Å². The van der Waals surface area contributed by atoms with Gasteiger partial charge in [-0.15, -0.1) is 0 Å². The molecule has 4 heteroatoms. The van der Waals surface area contributed by atoms with Gasteiger partial charge in [-0.05, 0) is 31.4 Å². The summed E-state index contributed by atoms with van der Waals surface area (Å²) in [4.78, 5) is 12.1. The molecule has 1 aromatic carbocycles. The summed E-state index contributed by atoms with van der Waals surface area (Å²) >= 11 is 0. The molecule has 4 nitrogen and oxygen atoms in total. The van der Waals surface area contributed by atoms with Gasteiger partial charge in [0.1, 0.15) is 0 Å². The molecule has 0 amide bonds. The lowest BCUT2D eigenvalue weighted by atomic mass is 9.93. The second-order valence-electron chi connectivity index (χ2n) is 7.89. The van der Waals surface area contributed by atoms with Crippen molar-refractivity contribution in [2.24, 2.45) is 5.92 Å². The van der Waals surface area contributed by atoms with E-state index >= 15 is 0 Å². The largest absolute Gasteiger partial charge is 0.407 e. The van der Waals surface area contributed by atoms with Crippen LogP contribution in [0.1, 0.15) is 57.9 Å². The fourth-order valence-corrected chi connectivity index (χ4v) is 2.51. The molecule has 0 N–H and O–H groups in total. The van der Waals surface area contributed by atoms with Crippen LogP contribution in [0.4, 0.5) is 0 Å². The van der Waals surface area contributed by atoms with Crippen molar-refractivity contribution in [2.75, 3.05) is 0 Å². The molecule has 0 saturated heterocycles. The Morgan fingerprint density at radius 1 is 1.21 bits per heavy atom. The molecule has 0 radical (unpaired) electrons. The Hall–Kier alpha value is -2.10. The second kappa shape index (κ2) is 6.80. The zero-order valence-electron chi connectivity index (χ0n) is 15.8. The number of aromatic nitrogens is 2. The number of aryl methyl sites for hydroxylation is 2. The Morgan fingerprint density at radius 3 is 2.42 bits per heavy atom. The number of esters is 1. The second-order valence-corrected chi connectivity index (χ2v) is 7.89. The third-order valence-corrected chi connectivity index (χ3v) is 3.82. The Labute approximate surface area is 144 Å². The monoisotopic (exact) mass is 328 g/mol. The highest BCUT2D eigenvalue weighted by Crippen LogP contribution is 2.29. The molecule has 0 atom stereocenters. The molecule has 24 heavy (non-hydrogen) atoms. The van der Waals surface area contributed by atoms with E-state index in [1.807, 2.05) is 39.0 Å². The summed E-state index contributed by atoms with van der Waals surface area (Å²) in [6.07, 6.45) is 0.392. The average Bonchev–Trinajstić information content (AvgIpc) is 2.81. The van der Waals surface area contributed by atoms with Crippen LogP contribution in [-0.2, 0) is 10.2 Å². The van der Waals surface area contributed by atoms with Gasteiger partial charge in [-0.25, -0.2) is 4.68 Å². The summed E-state index contributed by atoms with van der Waals surface area (Å²) < 4.78 is 7.38. The molecule has 0 saturated carbocycles. The van der Waals surface area contributed by atoms with Gasteiger partial charge in [-0.3, -0.25) is 4.79 Å². The molecule has 0 aliphatic rings. The standard InChI is InChI=1S/C20H28N2O2/c1-13(2)10-19(23)24-18-12-17(20(5,6)7)21-22(18)16-9-8-14(3)11-15(16)4/h8-9,11-13H,10H2,1-7H3. The average molecular weight is 328 g/mol. The molecule has 0 aliphatic heterocycles. The normalized spacial score (nSPS) is 11.8. The van der Waals surface area contributed by atoms with Gasteiger partial charge < -0.3 is 4.74 Å². The number of benzene rings is 1. The van der Waals surface area contributed by atoms with Crippen molar-refractivity contribution in [3.8, 4) is 11.6 Å². The highest BCUT2D eigenvalue weighted by Gasteiger charge is 2.23. The van der Waals surface area contributed by atoms with E-state index in [1.54, 1.807) is 4.68 Å². The van der Waals surface area contributed by atoms with E-state index in [-0.39, 0.29) is 17.3 Å². The maximum Gasteiger partial charge on any atom is 0.312 e. The molecule has 1 aromatic heterocycles. The minimum Gasteiger partial charge on any atom is -0.407 e. The Bertz CT molecular complexity index is 737. The molecule has 0 aliphatic carbocycles. The van der Waals surface area contributed by atoms with Gasteiger partial charge in [0, 0.05) is 17.9 Å². The minimum absolute atomic E-state index is 0.122. The molecule has 2 rings (SSSR count). The lowest BCUT2D eigenvalue weighted by Crippen LogP contribution is -2.14. The van der Waals surface area contributed by atoms with Crippen molar-refractivity contribution < 1.29 is 9.53 Å². The smallest absolute Gasteiger partial charge is 0.312 e. The van der Waals surface area contributed by atoms with Crippen LogP contribution in [-0.4, -0.2) is 15.7 Å². The fourth-order valence-electron chi connectivity index (χ4n) is 2.51. The minimum atomic E-state index is -0.226. The van der Waals surface area contributed by atoms with Crippen LogP contribution in [0.15, 0.2) is 24.3 Å². The summed E-state index contributed by atoms with van der Waals surface area (Å²) in [6, 6.07) is 8.04. The van der Waals surface area contributed by atoms with Gasteiger partial charge in [0.05, 0.1) is 11.4 Å². The third kappa shape index (κ3) is 4.25. The molecular weight excluding hydrogens is 300 g/mol. The van der Waals surface area contributed by atoms with E-state index in [9.17, 15) is 4.79 Å². The number of nitrogens with zero attached hydrogens (tertiary/aromatic N) is 2. The zero-order valence-corrected chi connectivity index (χ0v) is 15.8. The fraction of sp³-hybridized carbons (Fsp3) is 0.500. The van der Waals surface area contributed by atoms with Gasteiger partial charge >= 0.3 is 5.97 Å². The van der Waals surface area contributed by atoms with Gasteiger partial charge in [0.15, 0.2) is 0 Å². The van der Waals surface area contributed by atoms with E-state index in [0.29, 0.717) is 12.3 Å². The third-order valence-electron chi connectivity index (χ3n) is 3.82. The summed E-state index contributed by atoms with van der Waals surface area (Å²) in [6.45, 7) is 14.4. The number of carbonyl (C=O) groups excluding carboxylic acids is 1. The van der Waals surface area contributed by atoms with Crippen molar-refractivity contribution in [3.05, 3.63) is 41.1 Å².